The first kappa shape index (κ1) is 26.2. The highest BCUT2D eigenvalue weighted by molar-refractivity contribution is 7.07. The van der Waals surface area contributed by atoms with E-state index in [4.69, 9.17) is 9.73 Å². The number of amides is 1. The summed E-state index contributed by atoms with van der Waals surface area (Å²) in [5.41, 5.74) is 5.25. The number of carbonyl (C=O) groups is 1. The highest BCUT2D eigenvalue weighted by Crippen LogP contribution is 2.32. The summed E-state index contributed by atoms with van der Waals surface area (Å²) in [7, 11) is 5.57. The van der Waals surface area contributed by atoms with E-state index in [1.165, 1.54) is 11.3 Å². The van der Waals surface area contributed by atoms with Crippen molar-refractivity contribution in [3.8, 4) is 5.75 Å². The lowest BCUT2D eigenvalue weighted by Gasteiger charge is -2.26. The Kier molecular flexibility index (Phi) is 7.21. The number of rotatable bonds is 6. The van der Waals surface area contributed by atoms with Crippen LogP contribution in [0, 0.1) is 6.92 Å². The predicted octanol–water partition coefficient (Wildman–Crippen LogP) is 4.26. The van der Waals surface area contributed by atoms with Crippen LogP contribution in [0.5, 0.6) is 5.75 Å². The Balaban J connectivity index is 1.65. The van der Waals surface area contributed by atoms with Gasteiger partial charge in [0.25, 0.3) is 11.5 Å². The minimum atomic E-state index is -0.625. The number of para-hydroxylation sites is 1. The number of aromatic nitrogens is 1. The Hall–Kier alpha value is -4.43. The number of anilines is 2. The average Bonchev–Trinajstić information content (AvgIpc) is 3.23. The van der Waals surface area contributed by atoms with Gasteiger partial charge in [0.05, 0.1) is 29.0 Å². The number of hydrogen-bond acceptors (Lipinski definition) is 6. The molecule has 1 aromatic heterocycles. The zero-order chi connectivity index (χ0) is 27.7. The lowest BCUT2D eigenvalue weighted by Crippen LogP contribution is -2.40. The van der Waals surface area contributed by atoms with Crippen molar-refractivity contribution in [3.63, 3.8) is 0 Å². The van der Waals surface area contributed by atoms with Crippen molar-refractivity contribution in [3.05, 3.63) is 120 Å². The monoisotopic (exact) mass is 538 g/mol. The van der Waals surface area contributed by atoms with E-state index in [0.717, 1.165) is 33.8 Å². The quantitative estimate of drug-likeness (QED) is 0.398. The zero-order valence-corrected chi connectivity index (χ0v) is 23.4. The van der Waals surface area contributed by atoms with Gasteiger partial charge in [0.2, 0.25) is 0 Å². The molecule has 4 aromatic rings. The van der Waals surface area contributed by atoms with Gasteiger partial charge in [0.15, 0.2) is 4.80 Å². The third-order valence-corrected chi connectivity index (χ3v) is 7.78. The number of hydrogen-bond donors (Lipinski definition) is 1. The summed E-state index contributed by atoms with van der Waals surface area (Å²) in [6.45, 7) is 3.77. The summed E-state index contributed by atoms with van der Waals surface area (Å²) < 4.78 is 7.44. The lowest BCUT2D eigenvalue weighted by atomic mass is 9.94. The Morgan fingerprint density at radius 1 is 1.03 bits per heavy atom. The van der Waals surface area contributed by atoms with E-state index in [1.807, 2.05) is 112 Å². The van der Waals surface area contributed by atoms with Crippen LogP contribution >= 0.6 is 11.3 Å². The van der Waals surface area contributed by atoms with Crippen LogP contribution in [-0.4, -0.2) is 31.7 Å². The first-order valence-corrected chi connectivity index (χ1v) is 13.4. The maximum atomic E-state index is 13.9. The molecule has 198 valence electrons. The highest BCUT2D eigenvalue weighted by Gasteiger charge is 2.32. The first-order valence-electron chi connectivity index (χ1n) is 12.6. The van der Waals surface area contributed by atoms with Crippen LogP contribution in [0.3, 0.4) is 0 Å². The molecule has 3 aromatic carbocycles. The van der Waals surface area contributed by atoms with E-state index in [2.05, 4.69) is 5.32 Å². The molecule has 1 atom stereocenters. The fourth-order valence-electron chi connectivity index (χ4n) is 4.64. The Bertz CT molecular complexity index is 1750. The van der Waals surface area contributed by atoms with E-state index in [-0.39, 0.29) is 11.5 Å². The SMILES string of the molecule is COc1ccc(C=c2sc3n(c2=O)C(c2ccc(N(C)C)cc2)C(C(=O)Nc2ccccc2C)=C(C)N=3)cc1. The van der Waals surface area contributed by atoms with Gasteiger partial charge in [-0.2, -0.15) is 0 Å². The number of thiazole rings is 1. The number of benzene rings is 3. The van der Waals surface area contributed by atoms with Gasteiger partial charge >= 0.3 is 0 Å². The molecule has 0 spiro atoms. The molecule has 2 heterocycles. The average molecular weight is 539 g/mol. The van der Waals surface area contributed by atoms with Gasteiger partial charge in [0.1, 0.15) is 5.75 Å². The van der Waals surface area contributed by atoms with Crippen molar-refractivity contribution >= 4 is 34.7 Å². The van der Waals surface area contributed by atoms with Gasteiger partial charge in [-0.25, -0.2) is 4.99 Å². The molecule has 0 radical (unpaired) electrons. The summed E-state index contributed by atoms with van der Waals surface area (Å²) in [5, 5.41) is 3.05. The van der Waals surface area contributed by atoms with E-state index < -0.39 is 6.04 Å². The number of allylic oxidation sites excluding steroid dienone is 1. The molecule has 0 saturated carbocycles. The second-order valence-electron chi connectivity index (χ2n) is 9.61. The number of nitrogens with zero attached hydrogens (tertiary/aromatic N) is 3. The molecule has 1 aliphatic heterocycles. The van der Waals surface area contributed by atoms with E-state index in [0.29, 0.717) is 20.6 Å². The van der Waals surface area contributed by atoms with Crippen molar-refractivity contribution in [2.45, 2.75) is 19.9 Å². The topological polar surface area (TPSA) is 75.9 Å². The molecule has 5 rings (SSSR count). The van der Waals surface area contributed by atoms with Crippen molar-refractivity contribution in [1.29, 1.82) is 0 Å². The van der Waals surface area contributed by atoms with Crippen molar-refractivity contribution in [1.82, 2.24) is 4.57 Å². The summed E-state index contributed by atoms with van der Waals surface area (Å²) >= 11 is 1.32. The molecule has 1 aliphatic rings. The Morgan fingerprint density at radius 3 is 2.36 bits per heavy atom. The van der Waals surface area contributed by atoms with Crippen LogP contribution in [0.4, 0.5) is 11.4 Å². The second kappa shape index (κ2) is 10.7. The largest absolute Gasteiger partial charge is 0.497 e. The molecule has 0 aliphatic carbocycles. The van der Waals surface area contributed by atoms with Crippen LogP contribution in [0.15, 0.2) is 93.9 Å². The third-order valence-electron chi connectivity index (χ3n) is 6.80. The Morgan fingerprint density at radius 2 is 1.72 bits per heavy atom. The molecule has 0 bridgehead atoms. The van der Waals surface area contributed by atoms with Crippen LogP contribution in [0.1, 0.15) is 29.7 Å². The smallest absolute Gasteiger partial charge is 0.271 e. The summed E-state index contributed by atoms with van der Waals surface area (Å²) in [6.07, 6.45) is 1.85. The molecule has 0 saturated heterocycles. The second-order valence-corrected chi connectivity index (χ2v) is 10.6. The molecule has 8 heteroatoms. The number of aryl methyl sites for hydroxylation is 1. The number of nitrogens with one attached hydrogen (secondary N) is 1. The number of fused-ring (bicyclic) bond motifs is 1. The van der Waals surface area contributed by atoms with Gasteiger partial charge in [-0.15, -0.1) is 0 Å². The molecule has 0 fully saturated rings. The third kappa shape index (κ3) is 5.15. The molecule has 7 nitrogen and oxygen atoms in total. The summed E-state index contributed by atoms with van der Waals surface area (Å²) in [6, 6.07) is 22.5. The van der Waals surface area contributed by atoms with Crippen LogP contribution < -0.4 is 29.8 Å². The molecule has 1 amide bonds. The van der Waals surface area contributed by atoms with Gasteiger partial charge < -0.3 is 15.0 Å². The van der Waals surface area contributed by atoms with Crippen LogP contribution in [0.25, 0.3) is 6.08 Å². The fourth-order valence-corrected chi connectivity index (χ4v) is 5.68. The first-order chi connectivity index (χ1) is 18.8. The molecule has 1 N–H and O–H groups in total. The van der Waals surface area contributed by atoms with E-state index in [9.17, 15) is 9.59 Å². The minimum Gasteiger partial charge on any atom is -0.497 e. The summed E-state index contributed by atoms with van der Waals surface area (Å²) in [4.78, 5) is 35.0. The molecule has 1 unspecified atom stereocenters. The maximum Gasteiger partial charge on any atom is 0.271 e. The summed E-state index contributed by atoms with van der Waals surface area (Å²) in [5.74, 6) is 0.464. The van der Waals surface area contributed by atoms with Crippen molar-refractivity contribution in [2.75, 3.05) is 31.4 Å². The van der Waals surface area contributed by atoms with E-state index in [1.54, 1.807) is 11.7 Å². The molecule has 39 heavy (non-hydrogen) atoms. The maximum absolute atomic E-state index is 13.9. The van der Waals surface area contributed by atoms with Gasteiger partial charge in [-0.3, -0.25) is 14.2 Å². The molecular weight excluding hydrogens is 508 g/mol. The van der Waals surface area contributed by atoms with Crippen molar-refractivity contribution < 1.29 is 9.53 Å². The minimum absolute atomic E-state index is 0.190. The van der Waals surface area contributed by atoms with Gasteiger partial charge in [-0.05, 0) is 66.9 Å². The normalized spacial score (nSPS) is 15.0. The van der Waals surface area contributed by atoms with Gasteiger partial charge in [0, 0.05) is 25.5 Å². The predicted molar refractivity (Wildman–Crippen MR) is 157 cm³/mol. The van der Waals surface area contributed by atoms with Crippen LogP contribution in [0.2, 0.25) is 0 Å². The lowest BCUT2D eigenvalue weighted by molar-refractivity contribution is -0.113. The zero-order valence-electron chi connectivity index (χ0n) is 22.6. The molecular formula is C31H30N4O3S. The highest BCUT2D eigenvalue weighted by atomic mass is 32.1. The fraction of sp³-hybridized carbons (Fsp3) is 0.194. The number of methoxy groups -OCH3 is 1. The van der Waals surface area contributed by atoms with Crippen molar-refractivity contribution in [2.24, 2.45) is 4.99 Å². The number of carbonyl (C=O) groups excluding carboxylic acids is 1. The number of ether oxygens (including phenoxy) is 1. The standard InChI is InChI=1S/C31H30N4O3S/c1-19-8-6-7-9-25(19)33-29(36)27-20(2)32-31-35(28(27)22-12-14-23(15-13-22)34(3)4)30(37)26(39-31)18-21-10-16-24(38-5)17-11-21/h6-18,28H,1-5H3,(H,33,36). The van der Waals surface area contributed by atoms with Crippen LogP contribution in [-0.2, 0) is 4.79 Å². The Labute approximate surface area is 231 Å². The van der Waals surface area contributed by atoms with Gasteiger partial charge in [-0.1, -0.05) is 53.8 Å². The van der Waals surface area contributed by atoms with E-state index >= 15 is 0 Å².